The standard InChI is InChI=1S/C20H25N5O5/c1-15-12-17(30-21-15)14-22-4-6-24(7-5-22)20(26)16-2-3-18(19(13-16)25(27)28)23-8-10-29-11-9-23/h2-3,12-13H,4-11,14H2,1H3. The summed E-state index contributed by atoms with van der Waals surface area (Å²) in [6.45, 7) is 7.34. The van der Waals surface area contributed by atoms with Gasteiger partial charge in [0.1, 0.15) is 5.69 Å². The number of amides is 1. The quantitative estimate of drug-likeness (QED) is 0.537. The average molecular weight is 415 g/mol. The van der Waals surface area contributed by atoms with Crippen molar-refractivity contribution in [1.29, 1.82) is 0 Å². The maximum Gasteiger partial charge on any atom is 0.293 e. The zero-order valence-electron chi connectivity index (χ0n) is 17.0. The minimum Gasteiger partial charge on any atom is -0.378 e. The molecule has 10 nitrogen and oxygen atoms in total. The van der Waals surface area contributed by atoms with Crippen molar-refractivity contribution < 1.29 is 19.0 Å². The van der Waals surface area contributed by atoms with Crippen LogP contribution >= 0.6 is 0 Å². The third-order valence-corrected chi connectivity index (χ3v) is 5.49. The van der Waals surface area contributed by atoms with Gasteiger partial charge in [-0.3, -0.25) is 19.8 Å². The molecule has 2 aromatic rings. The molecule has 2 saturated heterocycles. The second-order valence-electron chi connectivity index (χ2n) is 7.56. The predicted octanol–water partition coefficient (Wildman–Crippen LogP) is 1.69. The molecule has 160 valence electrons. The summed E-state index contributed by atoms with van der Waals surface area (Å²) in [6.07, 6.45) is 0. The van der Waals surface area contributed by atoms with Crippen LogP contribution in [0.5, 0.6) is 0 Å². The van der Waals surface area contributed by atoms with E-state index in [2.05, 4.69) is 10.1 Å². The Morgan fingerprint density at radius 1 is 1.13 bits per heavy atom. The van der Waals surface area contributed by atoms with E-state index >= 15 is 0 Å². The molecular weight excluding hydrogens is 390 g/mol. The van der Waals surface area contributed by atoms with Crippen LogP contribution in [0.25, 0.3) is 0 Å². The predicted molar refractivity (Wildman–Crippen MR) is 109 cm³/mol. The second-order valence-corrected chi connectivity index (χ2v) is 7.56. The Labute approximate surface area is 174 Å². The van der Waals surface area contributed by atoms with Gasteiger partial charge in [0.15, 0.2) is 5.76 Å². The van der Waals surface area contributed by atoms with Crippen molar-refractivity contribution in [2.75, 3.05) is 57.4 Å². The number of hydrogen-bond donors (Lipinski definition) is 0. The van der Waals surface area contributed by atoms with Crippen LogP contribution in [0.3, 0.4) is 0 Å². The number of rotatable bonds is 5. The van der Waals surface area contributed by atoms with E-state index in [4.69, 9.17) is 9.26 Å². The largest absolute Gasteiger partial charge is 0.378 e. The fourth-order valence-corrected chi connectivity index (χ4v) is 3.88. The van der Waals surface area contributed by atoms with E-state index in [1.165, 1.54) is 6.07 Å². The van der Waals surface area contributed by atoms with Crippen molar-refractivity contribution in [2.45, 2.75) is 13.5 Å². The number of nitro benzene ring substituents is 1. The van der Waals surface area contributed by atoms with E-state index in [1.54, 1.807) is 17.0 Å². The number of nitrogens with zero attached hydrogens (tertiary/aromatic N) is 5. The molecule has 30 heavy (non-hydrogen) atoms. The van der Waals surface area contributed by atoms with Crippen molar-refractivity contribution in [3.8, 4) is 0 Å². The van der Waals surface area contributed by atoms with Crippen LogP contribution in [0.4, 0.5) is 11.4 Å². The molecular formula is C20H25N5O5. The zero-order chi connectivity index (χ0) is 21.1. The number of ether oxygens (including phenoxy) is 1. The number of aromatic nitrogens is 1. The molecule has 2 aliphatic rings. The lowest BCUT2D eigenvalue weighted by atomic mass is 10.1. The number of carbonyl (C=O) groups excluding carboxylic acids is 1. The first-order chi connectivity index (χ1) is 14.5. The molecule has 0 aliphatic carbocycles. The SMILES string of the molecule is Cc1cc(CN2CCN(C(=O)c3ccc(N4CCOCC4)c([N+](=O)[O-])c3)CC2)on1. The van der Waals surface area contributed by atoms with Crippen LogP contribution in [-0.2, 0) is 11.3 Å². The molecule has 0 atom stereocenters. The molecule has 0 unspecified atom stereocenters. The molecule has 2 aliphatic heterocycles. The first-order valence-electron chi connectivity index (χ1n) is 10.1. The molecule has 1 aromatic heterocycles. The number of piperazine rings is 1. The molecule has 0 bridgehead atoms. The molecule has 0 radical (unpaired) electrons. The highest BCUT2D eigenvalue weighted by Gasteiger charge is 2.27. The summed E-state index contributed by atoms with van der Waals surface area (Å²) in [7, 11) is 0. The number of carbonyl (C=O) groups is 1. The van der Waals surface area contributed by atoms with Gasteiger partial charge in [-0.15, -0.1) is 0 Å². The van der Waals surface area contributed by atoms with Crippen LogP contribution in [0.2, 0.25) is 0 Å². The van der Waals surface area contributed by atoms with Gasteiger partial charge in [0.2, 0.25) is 0 Å². The minimum atomic E-state index is -0.418. The van der Waals surface area contributed by atoms with Gasteiger partial charge < -0.3 is 19.1 Å². The molecule has 1 amide bonds. The Morgan fingerprint density at radius 2 is 1.87 bits per heavy atom. The summed E-state index contributed by atoms with van der Waals surface area (Å²) in [6, 6.07) is 6.67. The Bertz CT molecular complexity index is 916. The normalized spacial score (nSPS) is 17.9. The number of anilines is 1. The monoisotopic (exact) mass is 415 g/mol. The minimum absolute atomic E-state index is 0.0397. The highest BCUT2D eigenvalue weighted by molar-refractivity contribution is 5.96. The van der Waals surface area contributed by atoms with Gasteiger partial charge in [-0.25, -0.2) is 0 Å². The maximum atomic E-state index is 13.0. The first-order valence-corrected chi connectivity index (χ1v) is 10.1. The Morgan fingerprint density at radius 3 is 2.50 bits per heavy atom. The van der Waals surface area contributed by atoms with E-state index < -0.39 is 4.92 Å². The van der Waals surface area contributed by atoms with Gasteiger partial charge in [-0.2, -0.15) is 0 Å². The van der Waals surface area contributed by atoms with E-state index in [0.29, 0.717) is 70.3 Å². The first kappa shape index (κ1) is 20.3. The zero-order valence-corrected chi connectivity index (χ0v) is 17.0. The molecule has 2 fully saturated rings. The van der Waals surface area contributed by atoms with Gasteiger partial charge in [0.05, 0.1) is 30.4 Å². The second kappa shape index (κ2) is 8.80. The van der Waals surface area contributed by atoms with Crippen molar-refractivity contribution in [3.05, 3.63) is 51.4 Å². The van der Waals surface area contributed by atoms with E-state index in [1.807, 2.05) is 17.9 Å². The van der Waals surface area contributed by atoms with E-state index in [9.17, 15) is 14.9 Å². The number of hydrogen-bond acceptors (Lipinski definition) is 8. The van der Waals surface area contributed by atoms with Crippen LogP contribution < -0.4 is 4.90 Å². The molecule has 1 aromatic carbocycles. The van der Waals surface area contributed by atoms with Crippen molar-refractivity contribution in [2.24, 2.45) is 0 Å². The van der Waals surface area contributed by atoms with Crippen LogP contribution in [-0.4, -0.2) is 78.3 Å². The summed E-state index contributed by atoms with van der Waals surface area (Å²) in [5, 5.41) is 15.5. The number of nitro groups is 1. The van der Waals surface area contributed by atoms with E-state index in [0.717, 1.165) is 11.5 Å². The fourth-order valence-electron chi connectivity index (χ4n) is 3.88. The molecule has 0 saturated carbocycles. The number of benzene rings is 1. The van der Waals surface area contributed by atoms with Gasteiger partial charge in [-0.05, 0) is 19.1 Å². The lowest BCUT2D eigenvalue weighted by molar-refractivity contribution is -0.384. The fraction of sp³-hybridized carbons (Fsp3) is 0.500. The number of morpholine rings is 1. The lowest BCUT2D eigenvalue weighted by Crippen LogP contribution is -2.48. The van der Waals surface area contributed by atoms with Crippen molar-refractivity contribution in [1.82, 2.24) is 15.0 Å². The van der Waals surface area contributed by atoms with Gasteiger partial charge in [0, 0.05) is 57.0 Å². The van der Waals surface area contributed by atoms with E-state index in [-0.39, 0.29) is 11.6 Å². The topological polar surface area (TPSA) is 105 Å². The molecule has 0 N–H and O–H groups in total. The van der Waals surface area contributed by atoms with Gasteiger partial charge in [-0.1, -0.05) is 5.16 Å². The third kappa shape index (κ3) is 4.44. The summed E-state index contributed by atoms with van der Waals surface area (Å²) in [5.41, 5.74) is 1.69. The average Bonchev–Trinajstić information content (AvgIpc) is 3.18. The summed E-state index contributed by atoms with van der Waals surface area (Å²) < 4.78 is 10.6. The summed E-state index contributed by atoms with van der Waals surface area (Å²) in [5.74, 6) is 0.628. The maximum absolute atomic E-state index is 13.0. The Hall–Kier alpha value is -2.98. The van der Waals surface area contributed by atoms with Crippen molar-refractivity contribution in [3.63, 3.8) is 0 Å². The van der Waals surface area contributed by atoms with Gasteiger partial charge >= 0.3 is 0 Å². The van der Waals surface area contributed by atoms with Crippen LogP contribution in [0.1, 0.15) is 21.8 Å². The Balaban J connectivity index is 1.42. The van der Waals surface area contributed by atoms with Crippen molar-refractivity contribution >= 4 is 17.3 Å². The molecule has 10 heteroatoms. The summed E-state index contributed by atoms with van der Waals surface area (Å²) in [4.78, 5) is 30.0. The smallest absolute Gasteiger partial charge is 0.293 e. The summed E-state index contributed by atoms with van der Waals surface area (Å²) >= 11 is 0. The van der Waals surface area contributed by atoms with Crippen LogP contribution in [0.15, 0.2) is 28.8 Å². The highest BCUT2D eigenvalue weighted by atomic mass is 16.6. The van der Waals surface area contributed by atoms with Gasteiger partial charge in [0.25, 0.3) is 11.6 Å². The van der Waals surface area contributed by atoms with Crippen LogP contribution in [0, 0.1) is 17.0 Å². The molecule has 0 spiro atoms. The molecule has 3 heterocycles. The highest BCUT2D eigenvalue weighted by Crippen LogP contribution is 2.30. The molecule has 4 rings (SSSR count). The lowest BCUT2D eigenvalue weighted by Gasteiger charge is -2.34. The number of aryl methyl sites for hydroxylation is 1. The third-order valence-electron chi connectivity index (χ3n) is 5.49. The Kier molecular flexibility index (Phi) is 5.96.